The van der Waals surface area contributed by atoms with Crippen molar-refractivity contribution < 1.29 is 4.79 Å². The molecule has 0 aliphatic carbocycles. The largest absolute Gasteiger partial charge is 0.361 e. The molecule has 4 heteroatoms. The summed E-state index contributed by atoms with van der Waals surface area (Å²) in [6.45, 7) is 2.01. The number of aromatic amines is 1. The topological polar surface area (TPSA) is 56.9 Å². The highest BCUT2D eigenvalue weighted by Crippen LogP contribution is 2.32. The monoisotopic (exact) mass is 271 g/mol. The fourth-order valence-electron chi connectivity index (χ4n) is 3.23. The summed E-state index contributed by atoms with van der Waals surface area (Å²) in [7, 11) is 1.73. The summed E-state index contributed by atoms with van der Waals surface area (Å²) in [5, 5.41) is 7.39. The van der Waals surface area contributed by atoms with Gasteiger partial charge in [-0.25, -0.2) is 0 Å². The molecular formula is C16H21N3O. The van der Waals surface area contributed by atoms with E-state index < -0.39 is 0 Å². The van der Waals surface area contributed by atoms with E-state index in [2.05, 4.69) is 39.9 Å². The summed E-state index contributed by atoms with van der Waals surface area (Å²) >= 11 is 0. The van der Waals surface area contributed by atoms with E-state index in [9.17, 15) is 4.79 Å². The number of amides is 1. The van der Waals surface area contributed by atoms with Crippen molar-refractivity contribution in [3.8, 4) is 0 Å². The molecule has 20 heavy (non-hydrogen) atoms. The lowest BCUT2D eigenvalue weighted by Crippen LogP contribution is -2.37. The van der Waals surface area contributed by atoms with Crippen LogP contribution in [0.25, 0.3) is 10.9 Å². The van der Waals surface area contributed by atoms with Crippen molar-refractivity contribution in [3.05, 3.63) is 36.0 Å². The zero-order valence-electron chi connectivity index (χ0n) is 11.8. The Bertz CT molecular complexity index is 599. The molecule has 0 radical (unpaired) electrons. The fourth-order valence-corrected chi connectivity index (χ4v) is 3.23. The van der Waals surface area contributed by atoms with Crippen molar-refractivity contribution in [2.45, 2.75) is 18.8 Å². The molecule has 1 amide bonds. The van der Waals surface area contributed by atoms with Crippen LogP contribution < -0.4 is 10.6 Å². The van der Waals surface area contributed by atoms with E-state index >= 15 is 0 Å². The Labute approximate surface area is 118 Å². The number of nitrogens with one attached hydrogen (secondary N) is 3. The van der Waals surface area contributed by atoms with Crippen molar-refractivity contribution in [1.29, 1.82) is 0 Å². The molecule has 2 heterocycles. The molecule has 0 bridgehead atoms. The maximum Gasteiger partial charge on any atom is 0.227 e. The standard InChI is InChI=1S/C16H21N3O/c1-17-16(20)15(12-4-7-18-8-5-12)13-3-2-11-6-9-19-14(11)10-13/h2-3,6,9-10,12,15,18-19H,4-5,7-8H2,1H3,(H,17,20). The number of H-pyrrole nitrogens is 1. The van der Waals surface area contributed by atoms with Crippen molar-refractivity contribution in [2.75, 3.05) is 20.1 Å². The molecule has 3 rings (SSSR count). The van der Waals surface area contributed by atoms with Crippen LogP contribution >= 0.6 is 0 Å². The third kappa shape index (κ3) is 2.43. The lowest BCUT2D eigenvalue weighted by molar-refractivity contribution is -0.123. The molecule has 1 aromatic carbocycles. The number of benzene rings is 1. The van der Waals surface area contributed by atoms with Gasteiger partial charge in [-0.15, -0.1) is 0 Å². The van der Waals surface area contributed by atoms with Crippen molar-refractivity contribution in [1.82, 2.24) is 15.6 Å². The first-order chi connectivity index (χ1) is 9.79. The summed E-state index contributed by atoms with van der Waals surface area (Å²) in [6, 6.07) is 8.37. The number of piperidine rings is 1. The number of fused-ring (bicyclic) bond motifs is 1. The molecule has 1 aliphatic heterocycles. The van der Waals surface area contributed by atoms with Crippen LogP contribution in [0.15, 0.2) is 30.5 Å². The van der Waals surface area contributed by atoms with Gasteiger partial charge in [-0.3, -0.25) is 4.79 Å². The van der Waals surface area contributed by atoms with E-state index in [1.807, 2.05) is 6.20 Å². The number of rotatable bonds is 3. The Kier molecular flexibility index (Phi) is 3.74. The predicted octanol–water partition coefficient (Wildman–Crippen LogP) is 2.00. The summed E-state index contributed by atoms with van der Waals surface area (Å²) in [5.41, 5.74) is 2.22. The second-order valence-electron chi connectivity index (χ2n) is 5.50. The van der Waals surface area contributed by atoms with E-state index in [-0.39, 0.29) is 11.8 Å². The minimum Gasteiger partial charge on any atom is -0.361 e. The van der Waals surface area contributed by atoms with E-state index in [1.165, 1.54) is 5.39 Å². The first kappa shape index (κ1) is 13.2. The van der Waals surface area contributed by atoms with Crippen molar-refractivity contribution in [2.24, 2.45) is 5.92 Å². The van der Waals surface area contributed by atoms with Gasteiger partial charge in [0.05, 0.1) is 5.92 Å². The molecule has 1 aromatic heterocycles. The summed E-state index contributed by atoms with van der Waals surface area (Å²) in [6.07, 6.45) is 4.05. The van der Waals surface area contributed by atoms with Crippen LogP contribution in [0.2, 0.25) is 0 Å². The van der Waals surface area contributed by atoms with Crippen molar-refractivity contribution >= 4 is 16.8 Å². The molecule has 1 aliphatic rings. The van der Waals surface area contributed by atoms with Crippen LogP contribution in [0.5, 0.6) is 0 Å². The quantitative estimate of drug-likeness (QED) is 0.799. The van der Waals surface area contributed by atoms with Crippen LogP contribution in [0.4, 0.5) is 0 Å². The number of likely N-dealkylation sites (N-methyl/N-ethyl adjacent to an activating group) is 1. The van der Waals surface area contributed by atoms with Gasteiger partial charge >= 0.3 is 0 Å². The number of hydrogen-bond acceptors (Lipinski definition) is 2. The lowest BCUT2D eigenvalue weighted by atomic mass is 9.79. The molecule has 1 saturated heterocycles. The van der Waals surface area contributed by atoms with E-state index in [1.54, 1.807) is 7.05 Å². The maximum atomic E-state index is 12.3. The minimum atomic E-state index is -0.0465. The Hall–Kier alpha value is -1.81. The first-order valence-corrected chi connectivity index (χ1v) is 7.29. The predicted molar refractivity (Wildman–Crippen MR) is 80.7 cm³/mol. The molecular weight excluding hydrogens is 250 g/mol. The smallest absolute Gasteiger partial charge is 0.227 e. The van der Waals surface area contributed by atoms with Gasteiger partial charge in [-0.2, -0.15) is 0 Å². The van der Waals surface area contributed by atoms with Gasteiger partial charge in [-0.05, 0) is 54.9 Å². The number of hydrogen-bond donors (Lipinski definition) is 3. The average molecular weight is 271 g/mol. The first-order valence-electron chi connectivity index (χ1n) is 7.29. The second-order valence-corrected chi connectivity index (χ2v) is 5.50. The van der Waals surface area contributed by atoms with Gasteiger partial charge in [0.25, 0.3) is 0 Å². The highest BCUT2D eigenvalue weighted by Gasteiger charge is 2.30. The number of carbonyl (C=O) groups is 1. The molecule has 1 atom stereocenters. The number of aromatic nitrogens is 1. The molecule has 4 nitrogen and oxygen atoms in total. The van der Waals surface area contributed by atoms with Gasteiger partial charge in [0, 0.05) is 18.8 Å². The third-order valence-corrected chi connectivity index (χ3v) is 4.32. The summed E-state index contributed by atoms with van der Waals surface area (Å²) in [4.78, 5) is 15.6. The lowest BCUT2D eigenvalue weighted by Gasteiger charge is -2.30. The Morgan fingerprint density at radius 1 is 1.30 bits per heavy atom. The molecule has 2 aromatic rings. The van der Waals surface area contributed by atoms with Crippen LogP contribution in [0.1, 0.15) is 24.3 Å². The Morgan fingerprint density at radius 2 is 2.10 bits per heavy atom. The molecule has 1 unspecified atom stereocenters. The van der Waals surface area contributed by atoms with Crippen LogP contribution in [0, 0.1) is 5.92 Å². The van der Waals surface area contributed by atoms with Crippen LogP contribution in [0.3, 0.4) is 0 Å². The minimum absolute atomic E-state index is 0.0465. The zero-order chi connectivity index (χ0) is 13.9. The molecule has 0 saturated carbocycles. The SMILES string of the molecule is CNC(=O)C(c1ccc2cc[nH]c2c1)C1CCNCC1. The summed E-state index contributed by atoms with van der Waals surface area (Å²) in [5.74, 6) is 0.501. The highest BCUT2D eigenvalue weighted by atomic mass is 16.1. The Balaban J connectivity index is 1.96. The Morgan fingerprint density at radius 3 is 2.85 bits per heavy atom. The molecule has 0 spiro atoms. The second kappa shape index (κ2) is 5.67. The van der Waals surface area contributed by atoms with Gasteiger partial charge in [0.1, 0.15) is 0 Å². The van der Waals surface area contributed by atoms with Gasteiger partial charge < -0.3 is 15.6 Å². The van der Waals surface area contributed by atoms with Gasteiger partial charge in [0.2, 0.25) is 5.91 Å². The van der Waals surface area contributed by atoms with Crippen molar-refractivity contribution in [3.63, 3.8) is 0 Å². The summed E-state index contributed by atoms with van der Waals surface area (Å²) < 4.78 is 0. The highest BCUT2D eigenvalue weighted by molar-refractivity contribution is 5.86. The van der Waals surface area contributed by atoms with Gasteiger partial charge in [0.15, 0.2) is 0 Å². The molecule has 106 valence electrons. The molecule has 3 N–H and O–H groups in total. The van der Waals surface area contributed by atoms with E-state index in [0.29, 0.717) is 5.92 Å². The molecule has 1 fully saturated rings. The van der Waals surface area contributed by atoms with Crippen LogP contribution in [-0.4, -0.2) is 31.0 Å². The average Bonchev–Trinajstić information content (AvgIpc) is 2.96. The van der Waals surface area contributed by atoms with Crippen LogP contribution in [-0.2, 0) is 4.79 Å². The van der Waals surface area contributed by atoms with E-state index in [0.717, 1.165) is 37.0 Å². The third-order valence-electron chi connectivity index (χ3n) is 4.32. The van der Waals surface area contributed by atoms with Gasteiger partial charge in [-0.1, -0.05) is 12.1 Å². The number of carbonyl (C=O) groups excluding carboxylic acids is 1. The van der Waals surface area contributed by atoms with E-state index in [4.69, 9.17) is 0 Å². The zero-order valence-corrected chi connectivity index (χ0v) is 11.8. The fraction of sp³-hybridized carbons (Fsp3) is 0.438. The maximum absolute atomic E-state index is 12.3. The normalized spacial score (nSPS) is 18.1.